The number of aromatic amines is 1. The molecule has 0 aromatic carbocycles. The van der Waals surface area contributed by atoms with Crippen molar-refractivity contribution in [3.05, 3.63) is 14.5 Å². The number of nitrogens with zero attached hydrogens (tertiary/aromatic N) is 1. The van der Waals surface area contributed by atoms with E-state index in [0.717, 1.165) is 15.5 Å². The number of aryl methyl sites for hydroxylation is 1. The van der Waals surface area contributed by atoms with Crippen LogP contribution in [0.15, 0.2) is 0 Å². The zero-order valence-electron chi connectivity index (χ0n) is 10.5. The second-order valence-electron chi connectivity index (χ2n) is 4.35. The molecule has 102 valence electrons. The fraction of sp³-hybridized carbons (Fsp3) is 0.455. The molecule has 2 heterocycles. The zero-order valence-corrected chi connectivity index (χ0v) is 12.1. The number of likely N-dealkylation sites (tertiary alicyclic amines) is 1. The van der Waals surface area contributed by atoms with E-state index in [1.807, 2.05) is 6.92 Å². The van der Waals surface area contributed by atoms with Gasteiger partial charge in [-0.3, -0.25) is 19.3 Å². The van der Waals surface area contributed by atoms with Gasteiger partial charge in [-0.15, -0.1) is 11.3 Å². The highest BCUT2D eigenvalue weighted by atomic mass is 32.1. The van der Waals surface area contributed by atoms with Crippen molar-refractivity contribution in [2.24, 2.45) is 0 Å². The van der Waals surface area contributed by atoms with Gasteiger partial charge in [0.2, 0.25) is 11.8 Å². The lowest BCUT2D eigenvalue weighted by Crippen LogP contribution is -2.41. The van der Waals surface area contributed by atoms with E-state index < -0.39 is 6.04 Å². The summed E-state index contributed by atoms with van der Waals surface area (Å²) in [4.78, 5) is 39.7. The van der Waals surface area contributed by atoms with Crippen LogP contribution in [0.2, 0.25) is 0 Å². The maximum Gasteiger partial charge on any atom is 0.252 e. The van der Waals surface area contributed by atoms with Crippen LogP contribution < -0.4 is 5.32 Å². The zero-order chi connectivity index (χ0) is 14.2. The van der Waals surface area contributed by atoms with E-state index >= 15 is 0 Å². The number of carbonyl (C=O) groups is 3. The van der Waals surface area contributed by atoms with Crippen molar-refractivity contribution in [1.29, 1.82) is 0 Å². The number of H-pyrrole nitrogens is 1. The highest BCUT2D eigenvalue weighted by molar-refractivity contribution is 7.73. The molecule has 0 saturated carbocycles. The van der Waals surface area contributed by atoms with E-state index in [1.165, 1.54) is 18.4 Å². The average molecular weight is 299 g/mol. The van der Waals surface area contributed by atoms with E-state index in [4.69, 9.17) is 12.2 Å². The molecule has 2 N–H and O–H groups in total. The van der Waals surface area contributed by atoms with Crippen molar-refractivity contribution in [3.8, 4) is 0 Å². The third kappa shape index (κ3) is 2.90. The van der Waals surface area contributed by atoms with Crippen LogP contribution >= 0.6 is 23.6 Å². The molecule has 0 aliphatic carbocycles. The van der Waals surface area contributed by atoms with Crippen molar-refractivity contribution >= 4 is 41.3 Å². The molecule has 1 aromatic heterocycles. The molecule has 1 aliphatic rings. The van der Waals surface area contributed by atoms with Gasteiger partial charge >= 0.3 is 0 Å². The predicted octanol–water partition coefficient (Wildman–Crippen LogP) is 0.530. The van der Waals surface area contributed by atoms with Crippen LogP contribution in [0.4, 0.5) is 0 Å². The Hall–Kier alpha value is -1.54. The number of imide groups is 1. The summed E-state index contributed by atoms with van der Waals surface area (Å²) in [5, 5.41) is 2.58. The minimum atomic E-state index is -0.739. The number of likely N-dealkylation sites (N-methyl/N-ethyl adjacent to an activating group) is 1. The van der Waals surface area contributed by atoms with E-state index in [9.17, 15) is 14.4 Å². The SMILES string of the molecule is Cc1[nH]c(=S)sc1CC(=O)NC1CC(=O)N(C)C1=O. The van der Waals surface area contributed by atoms with E-state index in [0.29, 0.717) is 3.95 Å². The molecule has 1 fully saturated rings. The largest absolute Gasteiger partial charge is 0.343 e. The van der Waals surface area contributed by atoms with Gasteiger partial charge in [-0.1, -0.05) is 0 Å². The molecular formula is C11H13N3O3S2. The number of rotatable bonds is 3. The summed E-state index contributed by atoms with van der Waals surface area (Å²) in [5.41, 5.74) is 0.857. The molecular weight excluding hydrogens is 286 g/mol. The van der Waals surface area contributed by atoms with Gasteiger partial charge in [-0.2, -0.15) is 0 Å². The van der Waals surface area contributed by atoms with E-state index in [-0.39, 0.29) is 30.6 Å². The number of aromatic nitrogens is 1. The molecule has 8 heteroatoms. The summed E-state index contributed by atoms with van der Waals surface area (Å²) in [6, 6.07) is -0.739. The van der Waals surface area contributed by atoms with Crippen LogP contribution in [-0.4, -0.2) is 40.7 Å². The predicted molar refractivity (Wildman–Crippen MR) is 72.3 cm³/mol. The maximum absolute atomic E-state index is 11.9. The first kappa shape index (κ1) is 13.9. The second-order valence-corrected chi connectivity index (χ2v) is 6.13. The lowest BCUT2D eigenvalue weighted by Gasteiger charge is -2.10. The fourth-order valence-corrected chi connectivity index (χ4v) is 3.16. The topological polar surface area (TPSA) is 82.3 Å². The van der Waals surface area contributed by atoms with E-state index in [2.05, 4.69) is 10.3 Å². The minimum absolute atomic E-state index is 0.0307. The summed E-state index contributed by atoms with van der Waals surface area (Å²) in [6.07, 6.45) is 0.189. The van der Waals surface area contributed by atoms with Crippen LogP contribution in [-0.2, 0) is 20.8 Å². The molecule has 0 spiro atoms. The van der Waals surface area contributed by atoms with E-state index in [1.54, 1.807) is 0 Å². The number of hydrogen-bond donors (Lipinski definition) is 2. The third-order valence-corrected chi connectivity index (χ3v) is 4.30. The Kier molecular flexibility index (Phi) is 3.81. The summed E-state index contributed by atoms with van der Waals surface area (Å²) < 4.78 is 0.618. The van der Waals surface area contributed by atoms with Crippen LogP contribution in [0, 0.1) is 10.9 Å². The van der Waals surface area contributed by atoms with Crippen molar-refractivity contribution in [3.63, 3.8) is 0 Å². The molecule has 6 nitrogen and oxygen atoms in total. The highest BCUT2D eigenvalue weighted by Gasteiger charge is 2.36. The van der Waals surface area contributed by atoms with Crippen LogP contribution in [0.3, 0.4) is 0 Å². The second kappa shape index (κ2) is 5.22. The van der Waals surface area contributed by atoms with Crippen LogP contribution in [0.5, 0.6) is 0 Å². The van der Waals surface area contributed by atoms with Gasteiger partial charge in [0.1, 0.15) is 6.04 Å². The molecule has 19 heavy (non-hydrogen) atoms. The lowest BCUT2D eigenvalue weighted by molar-refractivity contribution is -0.138. The monoisotopic (exact) mass is 299 g/mol. The van der Waals surface area contributed by atoms with Gasteiger partial charge in [0.25, 0.3) is 5.91 Å². The number of nitrogens with one attached hydrogen (secondary N) is 2. The molecule has 0 radical (unpaired) electrons. The Bertz CT molecular complexity index is 605. The molecule has 1 atom stereocenters. The fourth-order valence-electron chi connectivity index (χ4n) is 1.86. The Labute approximate surface area is 118 Å². The van der Waals surface area contributed by atoms with Gasteiger partial charge in [0.05, 0.1) is 12.8 Å². The number of amides is 3. The quantitative estimate of drug-likeness (QED) is 0.630. The minimum Gasteiger partial charge on any atom is -0.343 e. The van der Waals surface area contributed by atoms with Gasteiger partial charge in [0.15, 0.2) is 3.95 Å². The highest BCUT2D eigenvalue weighted by Crippen LogP contribution is 2.16. The first-order valence-electron chi connectivity index (χ1n) is 5.67. The van der Waals surface area contributed by atoms with Crippen molar-refractivity contribution < 1.29 is 14.4 Å². The molecule has 1 unspecified atom stereocenters. The number of carbonyl (C=O) groups excluding carboxylic acids is 3. The number of thiazole rings is 1. The van der Waals surface area contributed by atoms with Crippen molar-refractivity contribution in [1.82, 2.24) is 15.2 Å². The average Bonchev–Trinajstić information content (AvgIpc) is 2.75. The maximum atomic E-state index is 11.9. The Balaban J connectivity index is 1.99. The smallest absolute Gasteiger partial charge is 0.252 e. The van der Waals surface area contributed by atoms with Gasteiger partial charge < -0.3 is 10.3 Å². The molecule has 0 bridgehead atoms. The summed E-state index contributed by atoms with van der Waals surface area (Å²) in [6.45, 7) is 1.84. The first-order valence-corrected chi connectivity index (χ1v) is 6.89. The number of hydrogen-bond acceptors (Lipinski definition) is 5. The van der Waals surface area contributed by atoms with Crippen LogP contribution in [0.25, 0.3) is 0 Å². The molecule has 2 rings (SSSR count). The molecule has 3 amide bonds. The summed E-state index contributed by atoms with van der Waals surface area (Å²) in [7, 11) is 1.42. The summed E-state index contributed by atoms with van der Waals surface area (Å²) >= 11 is 6.33. The Morgan fingerprint density at radius 3 is 2.74 bits per heavy atom. The Morgan fingerprint density at radius 1 is 1.58 bits per heavy atom. The third-order valence-electron chi connectivity index (χ3n) is 2.96. The van der Waals surface area contributed by atoms with Crippen molar-refractivity contribution in [2.45, 2.75) is 25.8 Å². The molecule has 1 saturated heterocycles. The van der Waals surface area contributed by atoms with Gasteiger partial charge in [0, 0.05) is 17.6 Å². The molecule has 1 aromatic rings. The van der Waals surface area contributed by atoms with Gasteiger partial charge in [-0.25, -0.2) is 0 Å². The van der Waals surface area contributed by atoms with Crippen molar-refractivity contribution in [2.75, 3.05) is 7.05 Å². The standard InChI is InChI=1S/C11H13N3O3S2/c1-5-7(19-11(18)12-5)4-8(15)13-6-3-9(16)14(2)10(6)17/h6H,3-4H2,1-2H3,(H,12,18)(H,13,15). The summed E-state index contributed by atoms with van der Waals surface area (Å²) in [5.74, 6) is -0.921. The molecule has 1 aliphatic heterocycles. The Morgan fingerprint density at radius 2 is 2.26 bits per heavy atom. The first-order chi connectivity index (χ1) is 8.88. The lowest BCUT2D eigenvalue weighted by atomic mass is 10.2. The van der Waals surface area contributed by atoms with Crippen LogP contribution in [0.1, 0.15) is 17.0 Å². The van der Waals surface area contributed by atoms with Gasteiger partial charge in [-0.05, 0) is 19.1 Å². The normalized spacial score (nSPS) is 19.1.